The van der Waals surface area contributed by atoms with Gasteiger partial charge in [-0.15, -0.1) is 11.3 Å². The predicted octanol–water partition coefficient (Wildman–Crippen LogP) is 3.48. The number of nitrogens with zero attached hydrogens (tertiary/aromatic N) is 2. The van der Waals surface area contributed by atoms with Crippen LogP contribution in [0.3, 0.4) is 0 Å². The zero-order valence-electron chi connectivity index (χ0n) is 19.1. The van der Waals surface area contributed by atoms with E-state index in [1.165, 1.54) is 0 Å². The summed E-state index contributed by atoms with van der Waals surface area (Å²) >= 11 is 1.55. The molecule has 0 N–H and O–H groups in total. The summed E-state index contributed by atoms with van der Waals surface area (Å²) in [6.45, 7) is 3.97. The molecule has 2 aliphatic heterocycles. The highest BCUT2D eigenvalue weighted by Crippen LogP contribution is 2.45. The van der Waals surface area contributed by atoms with E-state index in [-0.39, 0.29) is 23.7 Å². The third-order valence-electron chi connectivity index (χ3n) is 6.50. The number of benzene rings is 1. The van der Waals surface area contributed by atoms with Gasteiger partial charge in [0.05, 0.1) is 31.1 Å². The smallest absolute Gasteiger partial charge is 0.309 e. The van der Waals surface area contributed by atoms with Gasteiger partial charge in [-0.1, -0.05) is 24.3 Å². The van der Waals surface area contributed by atoms with E-state index in [9.17, 15) is 14.4 Å². The lowest BCUT2D eigenvalue weighted by Gasteiger charge is -2.43. The molecule has 2 amide bonds. The van der Waals surface area contributed by atoms with Crippen molar-refractivity contribution < 1.29 is 23.9 Å². The molecular weight excluding hydrogens is 440 g/mol. The standard InChI is InChI=1S/C25H30N2O5S/c1-3-32-25(30)17-10-12-26(13-11-17)24(29)21-18-7-4-5-8-19(18)23(28)27(14-15-31-2)22(21)20-9-6-16-33-20/h4-9,16-17,21-22H,3,10-15H2,1-2H3. The van der Waals surface area contributed by atoms with E-state index >= 15 is 0 Å². The topological polar surface area (TPSA) is 76.2 Å². The van der Waals surface area contributed by atoms with Gasteiger partial charge in [0.25, 0.3) is 5.91 Å². The minimum atomic E-state index is -0.506. The first-order chi connectivity index (χ1) is 16.1. The summed E-state index contributed by atoms with van der Waals surface area (Å²) in [7, 11) is 1.61. The van der Waals surface area contributed by atoms with Crippen molar-refractivity contribution in [1.82, 2.24) is 9.80 Å². The monoisotopic (exact) mass is 470 g/mol. The number of amides is 2. The fourth-order valence-corrected chi connectivity index (χ4v) is 5.74. The molecule has 0 radical (unpaired) electrons. The maximum atomic E-state index is 14.0. The van der Waals surface area contributed by atoms with E-state index in [0.717, 1.165) is 10.4 Å². The highest BCUT2D eigenvalue weighted by atomic mass is 32.1. The molecule has 1 fully saturated rings. The number of carbonyl (C=O) groups is 3. The summed E-state index contributed by atoms with van der Waals surface area (Å²) in [5.74, 6) is -0.932. The number of methoxy groups -OCH3 is 1. The Morgan fingerprint density at radius 2 is 1.88 bits per heavy atom. The van der Waals surface area contributed by atoms with Crippen molar-refractivity contribution in [3.05, 3.63) is 57.8 Å². The highest BCUT2D eigenvalue weighted by molar-refractivity contribution is 7.10. The number of likely N-dealkylation sites (tertiary alicyclic amines) is 1. The van der Waals surface area contributed by atoms with Gasteiger partial charge < -0.3 is 19.3 Å². The zero-order chi connectivity index (χ0) is 23.4. The van der Waals surface area contributed by atoms with Gasteiger partial charge in [-0.2, -0.15) is 0 Å². The van der Waals surface area contributed by atoms with Crippen molar-refractivity contribution in [2.24, 2.45) is 5.92 Å². The van der Waals surface area contributed by atoms with E-state index in [1.54, 1.807) is 36.3 Å². The van der Waals surface area contributed by atoms with Crippen molar-refractivity contribution in [3.63, 3.8) is 0 Å². The van der Waals surface area contributed by atoms with Crippen LogP contribution in [0.5, 0.6) is 0 Å². The minimum Gasteiger partial charge on any atom is -0.466 e. The van der Waals surface area contributed by atoms with E-state index in [0.29, 0.717) is 51.3 Å². The third kappa shape index (κ3) is 4.68. The van der Waals surface area contributed by atoms with Crippen LogP contribution in [0.15, 0.2) is 41.8 Å². The minimum absolute atomic E-state index is 0.00178. The molecule has 0 aliphatic carbocycles. The number of esters is 1. The normalized spacial score (nSPS) is 21.1. The van der Waals surface area contributed by atoms with Crippen LogP contribution < -0.4 is 0 Å². The van der Waals surface area contributed by atoms with E-state index in [2.05, 4.69) is 0 Å². The molecule has 2 atom stereocenters. The Hall–Kier alpha value is -2.71. The number of thiophene rings is 1. The lowest BCUT2D eigenvalue weighted by atomic mass is 9.80. The molecule has 8 heteroatoms. The molecule has 0 spiro atoms. The molecule has 2 aliphatic rings. The average Bonchev–Trinajstić information content (AvgIpc) is 3.38. The summed E-state index contributed by atoms with van der Waals surface area (Å²) in [5, 5.41) is 1.97. The van der Waals surface area contributed by atoms with Crippen molar-refractivity contribution >= 4 is 29.1 Å². The maximum Gasteiger partial charge on any atom is 0.309 e. The van der Waals surface area contributed by atoms with Crippen molar-refractivity contribution in [3.8, 4) is 0 Å². The van der Waals surface area contributed by atoms with E-state index in [1.807, 2.05) is 40.6 Å². The molecule has 176 valence electrons. The van der Waals surface area contributed by atoms with Crippen LogP contribution in [-0.2, 0) is 19.1 Å². The third-order valence-corrected chi connectivity index (χ3v) is 7.45. The Labute approximate surface area is 198 Å². The molecule has 3 heterocycles. The van der Waals surface area contributed by atoms with Crippen molar-refractivity contribution in [2.45, 2.75) is 31.7 Å². The number of fused-ring (bicyclic) bond motifs is 1. The number of piperidine rings is 1. The first-order valence-corrected chi connectivity index (χ1v) is 12.3. The molecule has 33 heavy (non-hydrogen) atoms. The SMILES string of the molecule is CCOC(=O)C1CCN(C(=O)C2c3ccccc3C(=O)N(CCOC)C2c2cccs2)CC1. The second kappa shape index (κ2) is 10.5. The Balaban J connectivity index is 1.66. The summed E-state index contributed by atoms with van der Waals surface area (Å²) in [4.78, 5) is 44.2. The van der Waals surface area contributed by atoms with Gasteiger partial charge in [-0.05, 0) is 42.8 Å². The Bertz CT molecular complexity index is 984. The number of carbonyl (C=O) groups excluding carboxylic acids is 3. The molecule has 2 unspecified atom stereocenters. The van der Waals surface area contributed by atoms with Gasteiger partial charge in [-0.3, -0.25) is 14.4 Å². The molecule has 0 saturated carbocycles. The summed E-state index contributed by atoms with van der Waals surface area (Å²) in [6.07, 6.45) is 1.18. The lowest BCUT2D eigenvalue weighted by molar-refractivity contribution is -0.151. The van der Waals surface area contributed by atoms with Gasteiger partial charge in [0.1, 0.15) is 0 Å². The van der Waals surface area contributed by atoms with Crippen molar-refractivity contribution in [1.29, 1.82) is 0 Å². The maximum absolute atomic E-state index is 14.0. The van der Waals surface area contributed by atoms with Crippen LogP contribution in [0.2, 0.25) is 0 Å². The Morgan fingerprint density at radius 1 is 1.12 bits per heavy atom. The molecular formula is C25H30N2O5S. The van der Waals surface area contributed by atoms with E-state index < -0.39 is 12.0 Å². The van der Waals surface area contributed by atoms with Gasteiger partial charge in [0.2, 0.25) is 5.91 Å². The van der Waals surface area contributed by atoms with Gasteiger partial charge in [0, 0.05) is 37.2 Å². The number of ether oxygens (including phenoxy) is 2. The first kappa shape index (κ1) is 23.4. The molecule has 0 bridgehead atoms. The van der Waals surface area contributed by atoms with Crippen LogP contribution in [0.4, 0.5) is 0 Å². The molecule has 1 saturated heterocycles. The highest BCUT2D eigenvalue weighted by Gasteiger charge is 2.46. The number of rotatable bonds is 7. The van der Waals surface area contributed by atoms with Gasteiger partial charge >= 0.3 is 5.97 Å². The van der Waals surface area contributed by atoms with Gasteiger partial charge in [0.15, 0.2) is 0 Å². The predicted molar refractivity (Wildman–Crippen MR) is 125 cm³/mol. The Morgan fingerprint density at radius 3 is 2.55 bits per heavy atom. The largest absolute Gasteiger partial charge is 0.466 e. The molecule has 1 aromatic carbocycles. The van der Waals surface area contributed by atoms with Crippen LogP contribution >= 0.6 is 11.3 Å². The first-order valence-electron chi connectivity index (χ1n) is 11.4. The fourth-order valence-electron chi connectivity index (χ4n) is 4.86. The molecule has 1 aromatic heterocycles. The lowest BCUT2D eigenvalue weighted by Crippen LogP contribution is -2.50. The fraction of sp³-hybridized carbons (Fsp3) is 0.480. The quantitative estimate of drug-likeness (QED) is 0.579. The summed E-state index contributed by atoms with van der Waals surface area (Å²) in [5.41, 5.74) is 1.34. The van der Waals surface area contributed by atoms with Gasteiger partial charge in [-0.25, -0.2) is 0 Å². The average molecular weight is 471 g/mol. The molecule has 2 aromatic rings. The second-order valence-corrected chi connectivity index (χ2v) is 9.35. The number of hydrogen-bond donors (Lipinski definition) is 0. The zero-order valence-corrected chi connectivity index (χ0v) is 19.9. The van der Waals surface area contributed by atoms with Crippen LogP contribution in [-0.4, -0.2) is 67.5 Å². The second-order valence-electron chi connectivity index (χ2n) is 8.37. The molecule has 4 rings (SSSR count). The molecule has 7 nitrogen and oxygen atoms in total. The summed E-state index contributed by atoms with van der Waals surface area (Å²) < 4.78 is 10.5. The van der Waals surface area contributed by atoms with Crippen molar-refractivity contribution in [2.75, 3.05) is 40.0 Å². The van der Waals surface area contributed by atoms with Crippen LogP contribution in [0.25, 0.3) is 0 Å². The Kier molecular flexibility index (Phi) is 7.45. The van der Waals surface area contributed by atoms with Crippen LogP contribution in [0.1, 0.15) is 52.5 Å². The number of hydrogen-bond acceptors (Lipinski definition) is 6. The van der Waals surface area contributed by atoms with Crippen LogP contribution in [0, 0.1) is 5.92 Å². The summed E-state index contributed by atoms with van der Waals surface area (Å²) in [6, 6.07) is 11.0. The van der Waals surface area contributed by atoms with E-state index in [4.69, 9.17) is 9.47 Å².